The first-order chi connectivity index (χ1) is 57.0. The van der Waals surface area contributed by atoms with Crippen LogP contribution in [0.5, 0.6) is 46.0 Å². The molecule has 4 aliphatic heterocycles. The molecule has 19 nitrogen and oxygen atoms in total. The third kappa shape index (κ3) is 20.9. The van der Waals surface area contributed by atoms with Crippen molar-refractivity contribution in [2.45, 2.75) is 59.3 Å². The Morgan fingerprint density at radius 1 is 0.333 bits per heavy atom. The van der Waals surface area contributed by atoms with Crippen molar-refractivity contribution in [3.63, 3.8) is 0 Å². The summed E-state index contributed by atoms with van der Waals surface area (Å²) in [6.45, 7) is 9.49. The van der Waals surface area contributed by atoms with Gasteiger partial charge in [-0.3, -0.25) is 52.9 Å². The van der Waals surface area contributed by atoms with Gasteiger partial charge in [0.05, 0.1) is 35.0 Å². The Labute approximate surface area is 681 Å². The fourth-order valence-corrected chi connectivity index (χ4v) is 14.4. The summed E-state index contributed by atoms with van der Waals surface area (Å²) in [6, 6.07) is 78.9. The van der Waals surface area contributed by atoms with Crippen LogP contribution in [0.2, 0.25) is 0 Å². The minimum atomic E-state index is -1.06. The number of carbonyl (C=O) groups is 10. The molecule has 0 saturated heterocycles. The number of pyridine rings is 1. The summed E-state index contributed by atoms with van der Waals surface area (Å²) in [5, 5.41) is 4.01. The van der Waals surface area contributed by atoms with Crippen molar-refractivity contribution < 1.29 is 85.8 Å². The molecule has 0 radical (unpaired) electrons. The Morgan fingerprint density at radius 3 is 1.15 bits per heavy atom. The summed E-state index contributed by atoms with van der Waals surface area (Å²) in [4.78, 5) is 131. The number of benzene rings is 10. The number of nitrogens with zero attached hydrogens (tertiary/aromatic N) is 1. The largest absolute Gasteiger partial charge is 0.486 e. The number of rotatable bonds is 25. The highest BCUT2D eigenvalue weighted by atomic mass is 32.1. The van der Waals surface area contributed by atoms with Gasteiger partial charge in [-0.25, -0.2) is 0 Å². The van der Waals surface area contributed by atoms with Crippen molar-refractivity contribution in [3.8, 4) is 46.0 Å². The summed E-state index contributed by atoms with van der Waals surface area (Å²) in [7, 11) is 0. The van der Waals surface area contributed by atoms with Gasteiger partial charge in [0, 0.05) is 50.7 Å². The second-order valence-corrected chi connectivity index (χ2v) is 28.3. The summed E-state index contributed by atoms with van der Waals surface area (Å²) in [6.07, 6.45) is 2.93. The summed E-state index contributed by atoms with van der Waals surface area (Å²) in [5.74, 6) is 1.50. The van der Waals surface area contributed by atoms with E-state index in [1.807, 2.05) is 129 Å². The zero-order chi connectivity index (χ0) is 82.1. The van der Waals surface area contributed by atoms with Crippen molar-refractivity contribution in [1.29, 1.82) is 0 Å². The van der Waals surface area contributed by atoms with Crippen LogP contribution in [0, 0.1) is 17.3 Å². The van der Waals surface area contributed by atoms with Crippen molar-refractivity contribution in [2.75, 3.05) is 52.9 Å². The molecule has 20 heteroatoms. The minimum Gasteiger partial charge on any atom is -0.486 e. The normalized spacial score (nSPS) is 12.8. The molecular weight excluding hydrogens is 1500 g/mol. The summed E-state index contributed by atoms with van der Waals surface area (Å²) < 4.78 is 43.7. The standard InChI is InChI=1S/C26H20O2.C21H22O4.C19H18O4.C16H13NO4.C15H12O4S/c27-25(20-11-3-1-4-12-20)24(26(28)21-13-5-2-6-14-21)18-22-16-9-15-19-10-7-8-17-23(19)22;1-3-21(4-2,19(22)15-8-6-5-7-9-15)20(23)16-10-11-17-18(14-16)25-13-12-24-17;1-2-15(18(20)13-6-4-3-5-7-13)19(21)14-8-9-16-17(12-14)23-11-10-22-16;18-13(10-14(19)12-3-1-2-6-17-12)11-4-5-15-16(9-11)21-8-7-20-15;16-11(9-12(17)15-2-1-7-20-15)10-3-4-13-14(8-10)19-6-5-18-13/h1-17,24H,18H2;5-11,14H,3-4,12-13H2,1-2H3;3-9,12,15H,2,10-11H2,1H3;1-6,9H,7-8,10H2;1-4,7-8H,5-6,9H2. The molecular formula is C97H85NO18S. The third-order valence-corrected chi connectivity index (χ3v) is 20.9. The number of hydrogen-bond donors (Lipinski definition) is 0. The highest BCUT2D eigenvalue weighted by Crippen LogP contribution is 2.40. The lowest BCUT2D eigenvalue weighted by Gasteiger charge is -2.29. The third-order valence-electron chi connectivity index (χ3n) is 20.0. The lowest BCUT2D eigenvalue weighted by atomic mass is 9.70. The van der Waals surface area contributed by atoms with E-state index in [9.17, 15) is 47.9 Å². The fraction of sp³-hybridized carbons (Fsp3) is 0.206. The van der Waals surface area contributed by atoms with E-state index in [1.54, 1.807) is 164 Å². The molecule has 117 heavy (non-hydrogen) atoms. The molecule has 0 N–H and O–H groups in total. The average Bonchev–Trinajstić information content (AvgIpc) is 0.963. The van der Waals surface area contributed by atoms with Gasteiger partial charge in [0.2, 0.25) is 0 Å². The first-order valence-corrected chi connectivity index (χ1v) is 39.5. The SMILES string of the molecule is CCC(C(=O)c1ccccc1)C(=O)c1ccc2c(c1)OCCO2.CCC(CC)(C(=O)c1ccccc1)C(=O)c1ccc2c(c1)OCCO2.O=C(CC(=O)c1ccccn1)c1ccc2c(c1)OCCO2.O=C(CC(=O)c1cccs1)c1ccc2c(c1)OCCO2.O=C(c1ccccc1)C(Cc1cccc2ccccc12)C(=O)c1ccccc1. The summed E-state index contributed by atoms with van der Waals surface area (Å²) in [5.41, 5.74) is 4.37. The van der Waals surface area contributed by atoms with Gasteiger partial charge in [0.25, 0.3) is 0 Å². The van der Waals surface area contributed by atoms with E-state index in [4.69, 9.17) is 37.9 Å². The molecule has 4 aliphatic rings. The molecule has 2 aromatic heterocycles. The highest BCUT2D eigenvalue weighted by molar-refractivity contribution is 7.12. The van der Waals surface area contributed by atoms with E-state index in [0.29, 0.717) is 180 Å². The Bertz CT molecular complexity index is 5460. The Morgan fingerprint density at radius 2 is 0.709 bits per heavy atom. The van der Waals surface area contributed by atoms with Crippen LogP contribution in [-0.4, -0.2) is 116 Å². The van der Waals surface area contributed by atoms with Crippen molar-refractivity contribution in [1.82, 2.24) is 4.98 Å². The van der Waals surface area contributed by atoms with Gasteiger partial charge in [-0.05, 0) is 138 Å². The predicted molar refractivity (Wildman–Crippen MR) is 445 cm³/mol. The van der Waals surface area contributed by atoms with E-state index in [-0.39, 0.29) is 70.7 Å². The first kappa shape index (κ1) is 82.9. The molecule has 12 aromatic rings. The Hall–Kier alpha value is -13.6. The van der Waals surface area contributed by atoms with Gasteiger partial charge >= 0.3 is 0 Å². The van der Waals surface area contributed by atoms with Gasteiger partial charge in [0.15, 0.2) is 104 Å². The van der Waals surface area contributed by atoms with Gasteiger partial charge in [-0.2, -0.15) is 0 Å². The molecule has 16 rings (SSSR count). The second kappa shape index (κ2) is 40.4. The van der Waals surface area contributed by atoms with E-state index >= 15 is 0 Å². The maximum atomic E-state index is 13.3. The number of thiophene rings is 1. The van der Waals surface area contributed by atoms with E-state index in [1.165, 1.54) is 17.5 Å². The van der Waals surface area contributed by atoms with Crippen molar-refractivity contribution in [3.05, 3.63) is 339 Å². The Balaban J connectivity index is 0.000000135. The zero-order valence-corrected chi connectivity index (χ0v) is 65.6. The maximum Gasteiger partial charge on any atom is 0.188 e. The van der Waals surface area contributed by atoms with Crippen LogP contribution >= 0.6 is 11.3 Å². The molecule has 592 valence electrons. The van der Waals surface area contributed by atoms with Gasteiger partial charge in [-0.1, -0.05) is 197 Å². The lowest BCUT2D eigenvalue weighted by Crippen LogP contribution is -2.38. The van der Waals surface area contributed by atoms with E-state index < -0.39 is 17.3 Å². The van der Waals surface area contributed by atoms with Gasteiger partial charge in [-0.15, -0.1) is 11.3 Å². The molecule has 0 aliphatic carbocycles. The van der Waals surface area contributed by atoms with E-state index in [2.05, 4.69) is 4.98 Å². The number of Topliss-reactive ketones (excluding diaryl/α,β-unsaturated/α-hetero) is 10. The monoisotopic (exact) mass is 1580 g/mol. The number of ketones is 10. The van der Waals surface area contributed by atoms with Crippen LogP contribution in [0.4, 0.5) is 0 Å². The van der Waals surface area contributed by atoms with Crippen LogP contribution in [0.3, 0.4) is 0 Å². The fourth-order valence-electron chi connectivity index (χ4n) is 13.7. The van der Waals surface area contributed by atoms with Crippen LogP contribution < -0.4 is 37.9 Å². The Kier molecular flexibility index (Phi) is 28.6. The highest BCUT2D eigenvalue weighted by Gasteiger charge is 2.43. The van der Waals surface area contributed by atoms with Crippen LogP contribution in [0.1, 0.15) is 161 Å². The number of hydrogen-bond acceptors (Lipinski definition) is 20. The smallest absolute Gasteiger partial charge is 0.188 e. The maximum absolute atomic E-state index is 13.3. The number of fused-ring (bicyclic) bond motifs is 5. The molecule has 0 saturated carbocycles. The summed E-state index contributed by atoms with van der Waals surface area (Å²) >= 11 is 1.34. The first-order valence-electron chi connectivity index (χ1n) is 38.6. The molecule has 0 fully saturated rings. The molecule has 1 atom stereocenters. The predicted octanol–water partition coefficient (Wildman–Crippen LogP) is 18.9. The number of carbonyl (C=O) groups excluding carboxylic acids is 10. The van der Waals surface area contributed by atoms with Gasteiger partial charge in [0.1, 0.15) is 58.5 Å². The zero-order valence-electron chi connectivity index (χ0n) is 64.8. The molecule has 10 aromatic carbocycles. The van der Waals surface area contributed by atoms with Crippen LogP contribution in [0.25, 0.3) is 10.8 Å². The number of aromatic nitrogens is 1. The second-order valence-electron chi connectivity index (χ2n) is 27.4. The van der Waals surface area contributed by atoms with Crippen molar-refractivity contribution in [2.24, 2.45) is 17.3 Å². The molecule has 6 heterocycles. The molecule has 0 spiro atoms. The van der Waals surface area contributed by atoms with Crippen LogP contribution in [0.15, 0.2) is 278 Å². The number of ether oxygens (including phenoxy) is 8. The lowest BCUT2D eigenvalue weighted by molar-refractivity contribution is 0.0642. The van der Waals surface area contributed by atoms with Gasteiger partial charge < -0.3 is 37.9 Å². The molecule has 0 amide bonds. The van der Waals surface area contributed by atoms with E-state index in [0.717, 1.165) is 16.3 Å². The molecule has 1 unspecified atom stereocenters. The minimum absolute atomic E-state index is 0.125. The van der Waals surface area contributed by atoms with Crippen LogP contribution in [-0.2, 0) is 6.42 Å². The van der Waals surface area contributed by atoms with Crippen molar-refractivity contribution >= 4 is 79.9 Å². The molecule has 0 bridgehead atoms. The topological polar surface area (TPSA) is 257 Å². The average molecular weight is 1580 g/mol. The quantitative estimate of drug-likeness (QED) is 0.0380.